The Morgan fingerprint density at radius 1 is 0.833 bits per heavy atom. The Labute approximate surface area is 283 Å². The standard InChI is InChI=1S/C40H48N2O6/c1-27(43)7-5-3-2-4-6-8-33(44)18-11-29-12-21-37(47)38(26-29)48-24-23-31-17-22-36(46)35(39(31)30-15-19-34(45)20-16-30)25-28-9-13-32(14-10-28)40(41)42/h6,8-10,12-17,19-22,26-27,40,43,45-47H,2-5,7,11,18,23-25,41-42H2,1H3. The number of nitrogens with two attached hydrogens (primary N) is 2. The third-order valence-corrected chi connectivity index (χ3v) is 8.39. The van der Waals surface area contributed by atoms with E-state index in [1.54, 1.807) is 49.4 Å². The second-order valence-electron chi connectivity index (χ2n) is 12.3. The average molecular weight is 653 g/mol. The van der Waals surface area contributed by atoms with Gasteiger partial charge in [0.1, 0.15) is 11.5 Å². The summed E-state index contributed by atoms with van der Waals surface area (Å²) in [6.45, 7) is 2.06. The number of carbonyl (C=O) groups excluding carboxylic acids is 1. The molecule has 1 unspecified atom stereocenters. The third-order valence-electron chi connectivity index (χ3n) is 8.39. The number of aryl methyl sites for hydroxylation is 1. The maximum Gasteiger partial charge on any atom is 0.161 e. The number of unbranched alkanes of at least 4 members (excludes halogenated alkanes) is 3. The molecule has 4 aromatic rings. The van der Waals surface area contributed by atoms with Crippen LogP contribution in [-0.2, 0) is 24.1 Å². The first-order valence-corrected chi connectivity index (χ1v) is 16.7. The Morgan fingerprint density at radius 3 is 2.25 bits per heavy atom. The number of ketones is 1. The van der Waals surface area contributed by atoms with Crippen molar-refractivity contribution in [1.82, 2.24) is 0 Å². The number of phenols is 3. The van der Waals surface area contributed by atoms with Gasteiger partial charge in [0.15, 0.2) is 17.3 Å². The molecule has 4 rings (SSSR count). The Kier molecular flexibility index (Phi) is 13.6. The molecule has 0 aromatic heterocycles. The molecule has 4 aromatic carbocycles. The predicted octanol–water partition coefficient (Wildman–Crippen LogP) is 6.99. The van der Waals surface area contributed by atoms with Gasteiger partial charge in [-0.1, -0.05) is 67.4 Å². The summed E-state index contributed by atoms with van der Waals surface area (Å²) in [7, 11) is 0. The Bertz CT molecular complexity index is 1650. The smallest absolute Gasteiger partial charge is 0.161 e. The topological polar surface area (TPSA) is 159 Å². The molecular formula is C40H48N2O6. The normalized spacial score (nSPS) is 12.1. The van der Waals surface area contributed by atoms with Crippen molar-refractivity contribution >= 4 is 5.78 Å². The number of ether oxygens (including phenoxy) is 1. The van der Waals surface area contributed by atoms with Crippen molar-refractivity contribution in [2.24, 2.45) is 11.5 Å². The van der Waals surface area contributed by atoms with E-state index in [1.807, 2.05) is 48.5 Å². The van der Waals surface area contributed by atoms with Crippen LogP contribution in [0.25, 0.3) is 11.1 Å². The quantitative estimate of drug-likeness (QED) is 0.0381. The molecule has 0 aliphatic heterocycles. The number of aromatic hydroxyl groups is 3. The minimum atomic E-state index is -0.568. The number of aliphatic hydroxyl groups is 1. The third kappa shape index (κ3) is 11.0. The maximum atomic E-state index is 12.4. The summed E-state index contributed by atoms with van der Waals surface area (Å²) in [5.74, 6) is 0.720. The molecule has 8 heteroatoms. The van der Waals surface area contributed by atoms with Gasteiger partial charge >= 0.3 is 0 Å². The summed E-state index contributed by atoms with van der Waals surface area (Å²) >= 11 is 0. The summed E-state index contributed by atoms with van der Waals surface area (Å²) in [6, 6.07) is 23.2. The van der Waals surface area contributed by atoms with Crippen LogP contribution in [0, 0.1) is 0 Å². The molecule has 0 saturated heterocycles. The molecule has 0 heterocycles. The van der Waals surface area contributed by atoms with E-state index in [1.165, 1.54) is 0 Å². The van der Waals surface area contributed by atoms with Gasteiger partial charge in [0.2, 0.25) is 0 Å². The van der Waals surface area contributed by atoms with E-state index in [0.717, 1.165) is 71.0 Å². The Balaban J connectivity index is 1.41. The van der Waals surface area contributed by atoms with Crippen LogP contribution < -0.4 is 16.2 Å². The SMILES string of the molecule is CC(O)CCCCCC=CC(=O)CCc1ccc(O)c(OCCc2ccc(O)c(Cc3ccc(C(N)N)cc3)c2-c2ccc(O)cc2)c1. The van der Waals surface area contributed by atoms with Crippen molar-refractivity contribution < 1.29 is 30.0 Å². The molecular weight excluding hydrogens is 604 g/mol. The van der Waals surface area contributed by atoms with E-state index in [0.29, 0.717) is 31.4 Å². The molecule has 0 fully saturated rings. The van der Waals surface area contributed by atoms with Crippen LogP contribution >= 0.6 is 0 Å². The fraction of sp³-hybridized carbons (Fsp3) is 0.325. The largest absolute Gasteiger partial charge is 0.508 e. The van der Waals surface area contributed by atoms with Crippen LogP contribution in [0.2, 0.25) is 0 Å². The highest BCUT2D eigenvalue weighted by Crippen LogP contribution is 2.37. The highest BCUT2D eigenvalue weighted by molar-refractivity contribution is 5.89. The lowest BCUT2D eigenvalue weighted by Crippen LogP contribution is -2.19. The van der Waals surface area contributed by atoms with Crippen LogP contribution in [0.1, 0.15) is 79.4 Å². The van der Waals surface area contributed by atoms with Crippen molar-refractivity contribution in [2.45, 2.75) is 77.0 Å². The zero-order valence-corrected chi connectivity index (χ0v) is 27.6. The molecule has 0 saturated carbocycles. The van der Waals surface area contributed by atoms with E-state index in [-0.39, 0.29) is 35.7 Å². The highest BCUT2D eigenvalue weighted by atomic mass is 16.5. The van der Waals surface area contributed by atoms with E-state index in [9.17, 15) is 25.2 Å². The predicted molar refractivity (Wildman–Crippen MR) is 190 cm³/mol. The number of phenolic OH excluding ortho intramolecular Hbond substituents is 3. The maximum absolute atomic E-state index is 12.4. The van der Waals surface area contributed by atoms with Gasteiger partial charge in [-0.15, -0.1) is 0 Å². The summed E-state index contributed by atoms with van der Waals surface area (Å²) in [4.78, 5) is 12.4. The lowest BCUT2D eigenvalue weighted by molar-refractivity contribution is -0.114. The first-order valence-electron chi connectivity index (χ1n) is 16.7. The minimum absolute atomic E-state index is 0.0198. The van der Waals surface area contributed by atoms with Crippen molar-refractivity contribution in [1.29, 1.82) is 0 Å². The summed E-state index contributed by atoms with van der Waals surface area (Å²) in [5.41, 5.74) is 17.7. The molecule has 0 spiro atoms. The van der Waals surface area contributed by atoms with Crippen LogP contribution in [-0.4, -0.2) is 38.9 Å². The summed E-state index contributed by atoms with van der Waals surface area (Å²) < 4.78 is 6.06. The fourth-order valence-electron chi connectivity index (χ4n) is 5.67. The average Bonchev–Trinajstić information content (AvgIpc) is 3.06. The number of aliphatic hydroxyl groups excluding tert-OH is 1. The Morgan fingerprint density at radius 2 is 1.54 bits per heavy atom. The van der Waals surface area contributed by atoms with Gasteiger partial charge in [-0.2, -0.15) is 0 Å². The molecule has 254 valence electrons. The molecule has 0 radical (unpaired) electrons. The van der Waals surface area contributed by atoms with E-state index < -0.39 is 6.17 Å². The zero-order chi connectivity index (χ0) is 34.5. The molecule has 0 aliphatic rings. The summed E-state index contributed by atoms with van der Waals surface area (Å²) in [5, 5.41) is 40.8. The van der Waals surface area contributed by atoms with Crippen LogP contribution in [0.5, 0.6) is 23.0 Å². The monoisotopic (exact) mass is 652 g/mol. The molecule has 8 nitrogen and oxygen atoms in total. The van der Waals surface area contributed by atoms with Crippen LogP contribution in [0.15, 0.2) is 91.0 Å². The van der Waals surface area contributed by atoms with Gasteiger partial charge in [-0.05, 0) is 102 Å². The van der Waals surface area contributed by atoms with E-state index >= 15 is 0 Å². The van der Waals surface area contributed by atoms with Gasteiger partial charge < -0.3 is 36.6 Å². The number of benzene rings is 4. The second kappa shape index (κ2) is 18.1. The number of hydrogen-bond acceptors (Lipinski definition) is 8. The van der Waals surface area contributed by atoms with Crippen LogP contribution in [0.4, 0.5) is 0 Å². The zero-order valence-electron chi connectivity index (χ0n) is 27.6. The molecule has 1 atom stereocenters. The van der Waals surface area contributed by atoms with Crippen molar-refractivity contribution in [3.05, 3.63) is 119 Å². The molecule has 0 amide bonds. The molecule has 8 N–H and O–H groups in total. The first kappa shape index (κ1) is 36.2. The van der Waals surface area contributed by atoms with Crippen molar-refractivity contribution in [2.75, 3.05) is 6.61 Å². The number of allylic oxidation sites excluding steroid dienone is 2. The Hall–Kier alpha value is -4.63. The van der Waals surface area contributed by atoms with Crippen molar-refractivity contribution in [3.8, 4) is 34.1 Å². The number of carbonyl (C=O) groups is 1. The second-order valence-corrected chi connectivity index (χ2v) is 12.3. The van der Waals surface area contributed by atoms with Gasteiger partial charge in [0, 0.05) is 24.8 Å². The first-order chi connectivity index (χ1) is 23.1. The van der Waals surface area contributed by atoms with Gasteiger partial charge in [-0.25, -0.2) is 0 Å². The lowest BCUT2D eigenvalue weighted by Gasteiger charge is -2.18. The van der Waals surface area contributed by atoms with Crippen LogP contribution in [0.3, 0.4) is 0 Å². The highest BCUT2D eigenvalue weighted by Gasteiger charge is 2.17. The van der Waals surface area contributed by atoms with Gasteiger partial charge in [-0.3, -0.25) is 4.79 Å². The van der Waals surface area contributed by atoms with Gasteiger partial charge in [0.25, 0.3) is 0 Å². The van der Waals surface area contributed by atoms with Gasteiger partial charge in [0.05, 0.1) is 18.9 Å². The van der Waals surface area contributed by atoms with E-state index in [2.05, 4.69) is 0 Å². The fourth-order valence-corrected chi connectivity index (χ4v) is 5.67. The molecule has 0 aliphatic carbocycles. The van der Waals surface area contributed by atoms with E-state index in [4.69, 9.17) is 16.2 Å². The molecule has 48 heavy (non-hydrogen) atoms. The molecule has 0 bridgehead atoms. The summed E-state index contributed by atoms with van der Waals surface area (Å²) in [6.07, 6.45) is 9.23. The van der Waals surface area contributed by atoms with Crippen molar-refractivity contribution in [3.63, 3.8) is 0 Å². The number of hydrogen-bond donors (Lipinski definition) is 6. The lowest BCUT2D eigenvalue weighted by atomic mass is 9.89. The minimum Gasteiger partial charge on any atom is -0.508 e. The number of rotatable bonds is 18.